The van der Waals surface area contributed by atoms with Crippen molar-refractivity contribution in [3.05, 3.63) is 77.6 Å². The number of hydrogen-bond acceptors (Lipinski definition) is 6. The van der Waals surface area contributed by atoms with E-state index < -0.39 is 0 Å². The van der Waals surface area contributed by atoms with Crippen LogP contribution in [0.25, 0.3) is 0 Å². The predicted octanol–water partition coefficient (Wildman–Crippen LogP) is 2.62. The summed E-state index contributed by atoms with van der Waals surface area (Å²) in [6.45, 7) is 3.55. The van der Waals surface area contributed by atoms with Crippen molar-refractivity contribution in [1.29, 1.82) is 0 Å². The first kappa shape index (κ1) is 21.2. The predicted molar refractivity (Wildman–Crippen MR) is 124 cm³/mol. The van der Waals surface area contributed by atoms with Gasteiger partial charge in [0.05, 0.1) is 18.8 Å². The molecule has 0 radical (unpaired) electrons. The van der Waals surface area contributed by atoms with E-state index in [4.69, 9.17) is 10.5 Å². The zero-order valence-electron chi connectivity index (χ0n) is 17.5. The van der Waals surface area contributed by atoms with Gasteiger partial charge in [-0.3, -0.25) is 0 Å². The number of urea groups is 1. The number of rotatable bonds is 4. The monoisotopic (exact) mass is 428 g/mol. The fourth-order valence-electron chi connectivity index (χ4n) is 3.35. The molecule has 0 aliphatic carbocycles. The third-order valence-electron chi connectivity index (χ3n) is 4.93. The van der Waals surface area contributed by atoms with E-state index in [1.807, 2.05) is 42.5 Å². The van der Waals surface area contributed by atoms with Crippen LogP contribution in [-0.2, 0) is 11.3 Å². The van der Waals surface area contributed by atoms with Crippen LogP contribution in [0.4, 0.5) is 22.1 Å². The number of morpholine rings is 1. The third kappa shape index (κ3) is 5.74. The first-order chi connectivity index (χ1) is 15.7. The second-order valence-electron chi connectivity index (χ2n) is 7.20. The number of amides is 2. The molecule has 1 aliphatic heterocycles. The van der Waals surface area contributed by atoms with Gasteiger partial charge in [0.25, 0.3) is 0 Å². The van der Waals surface area contributed by atoms with Gasteiger partial charge in [0, 0.05) is 49.0 Å². The van der Waals surface area contributed by atoms with Crippen molar-refractivity contribution in [3.8, 4) is 11.8 Å². The molecule has 4 N–H and O–H groups in total. The van der Waals surface area contributed by atoms with Gasteiger partial charge in [0.2, 0.25) is 5.95 Å². The van der Waals surface area contributed by atoms with Gasteiger partial charge in [-0.1, -0.05) is 36.1 Å². The number of anilines is 3. The van der Waals surface area contributed by atoms with Crippen LogP contribution in [0.1, 0.15) is 16.7 Å². The quantitative estimate of drug-likeness (QED) is 0.552. The second-order valence-corrected chi connectivity index (χ2v) is 7.20. The Kier molecular flexibility index (Phi) is 6.80. The Morgan fingerprint density at radius 2 is 1.78 bits per heavy atom. The number of nitrogens with two attached hydrogens (primary N) is 1. The number of benzene rings is 2. The molecule has 1 fully saturated rings. The third-order valence-corrected chi connectivity index (χ3v) is 4.93. The molecule has 8 nitrogen and oxygen atoms in total. The Labute approximate surface area is 186 Å². The number of ether oxygens (including phenoxy) is 1. The Hall–Kier alpha value is -4.09. The van der Waals surface area contributed by atoms with Crippen molar-refractivity contribution in [1.82, 2.24) is 15.3 Å². The van der Waals surface area contributed by atoms with E-state index in [0.29, 0.717) is 31.0 Å². The van der Waals surface area contributed by atoms with Crippen LogP contribution in [-0.4, -0.2) is 42.3 Å². The van der Waals surface area contributed by atoms with Crippen LogP contribution in [0.15, 0.2) is 60.9 Å². The zero-order valence-corrected chi connectivity index (χ0v) is 17.5. The lowest BCUT2D eigenvalue weighted by atomic mass is 10.1. The molecule has 8 heteroatoms. The van der Waals surface area contributed by atoms with Crippen molar-refractivity contribution in [2.45, 2.75) is 6.54 Å². The van der Waals surface area contributed by atoms with Gasteiger partial charge in [-0.15, -0.1) is 0 Å². The molecule has 0 saturated carbocycles. The Morgan fingerprint density at radius 1 is 1.03 bits per heavy atom. The summed E-state index contributed by atoms with van der Waals surface area (Å²) in [5, 5.41) is 5.80. The van der Waals surface area contributed by atoms with Gasteiger partial charge in [-0.2, -0.15) is 0 Å². The van der Waals surface area contributed by atoms with Gasteiger partial charge in [-0.25, -0.2) is 14.8 Å². The minimum atomic E-state index is -0.279. The first-order valence-corrected chi connectivity index (χ1v) is 10.3. The number of hydrogen-bond donors (Lipinski definition) is 3. The first-order valence-electron chi connectivity index (χ1n) is 10.3. The van der Waals surface area contributed by atoms with Crippen molar-refractivity contribution in [3.63, 3.8) is 0 Å². The van der Waals surface area contributed by atoms with Crippen LogP contribution in [0.3, 0.4) is 0 Å². The zero-order chi connectivity index (χ0) is 22.2. The molecular weight excluding hydrogens is 404 g/mol. The maximum Gasteiger partial charge on any atom is 0.319 e. The largest absolute Gasteiger partial charge is 0.378 e. The van der Waals surface area contributed by atoms with Crippen molar-refractivity contribution in [2.75, 3.05) is 42.3 Å². The second kappa shape index (κ2) is 10.3. The normalized spacial score (nSPS) is 13.1. The van der Waals surface area contributed by atoms with E-state index in [9.17, 15) is 4.79 Å². The van der Waals surface area contributed by atoms with Crippen LogP contribution in [0, 0.1) is 11.8 Å². The van der Waals surface area contributed by atoms with E-state index in [0.717, 1.165) is 29.9 Å². The molecule has 162 valence electrons. The van der Waals surface area contributed by atoms with Crippen LogP contribution >= 0.6 is 0 Å². The summed E-state index contributed by atoms with van der Waals surface area (Å²) < 4.78 is 5.44. The topological polar surface area (TPSA) is 105 Å². The lowest BCUT2D eigenvalue weighted by molar-refractivity contribution is 0.122. The van der Waals surface area contributed by atoms with Crippen molar-refractivity contribution >= 4 is 23.4 Å². The number of nitrogens with one attached hydrogen (secondary N) is 2. The number of carbonyl (C=O) groups excluding carboxylic acids is 1. The summed E-state index contributed by atoms with van der Waals surface area (Å²) in [7, 11) is 0. The van der Waals surface area contributed by atoms with E-state index in [1.165, 1.54) is 0 Å². The summed E-state index contributed by atoms with van der Waals surface area (Å²) in [4.78, 5) is 22.6. The molecule has 32 heavy (non-hydrogen) atoms. The molecule has 1 saturated heterocycles. The smallest absolute Gasteiger partial charge is 0.319 e. The molecular formula is C24H24N6O2. The standard InChI is InChI=1S/C24H24N6O2/c25-23-26-15-19(16-27-23)9-8-18-4-3-6-21(14-18)29-24(31)28-17-20-5-1-2-7-22(20)30-10-12-32-13-11-30/h1-7,14-16H,10-13,17H2,(H2,25,26,27)(H2,28,29,31). The van der Waals surface area contributed by atoms with Gasteiger partial charge in [0.1, 0.15) is 0 Å². The fraction of sp³-hybridized carbons (Fsp3) is 0.208. The average Bonchev–Trinajstić information content (AvgIpc) is 2.83. The van der Waals surface area contributed by atoms with Gasteiger partial charge < -0.3 is 26.0 Å². The Balaban J connectivity index is 1.36. The van der Waals surface area contributed by atoms with Gasteiger partial charge in [-0.05, 0) is 29.8 Å². The highest BCUT2D eigenvalue weighted by molar-refractivity contribution is 5.89. The summed E-state index contributed by atoms with van der Waals surface area (Å²) >= 11 is 0. The van der Waals surface area contributed by atoms with Crippen LogP contribution < -0.4 is 21.3 Å². The molecule has 0 spiro atoms. The fourth-order valence-corrected chi connectivity index (χ4v) is 3.35. The molecule has 2 heterocycles. The van der Waals surface area contributed by atoms with Crippen molar-refractivity contribution < 1.29 is 9.53 Å². The number of nitrogen functional groups attached to an aromatic ring is 1. The SMILES string of the molecule is Nc1ncc(C#Cc2cccc(NC(=O)NCc3ccccc3N3CCOCC3)c2)cn1. The van der Waals surface area contributed by atoms with E-state index >= 15 is 0 Å². The highest BCUT2D eigenvalue weighted by Gasteiger charge is 2.14. The van der Waals surface area contributed by atoms with E-state index in [-0.39, 0.29) is 12.0 Å². The highest BCUT2D eigenvalue weighted by Crippen LogP contribution is 2.21. The lowest BCUT2D eigenvalue weighted by Crippen LogP contribution is -2.37. The molecule has 0 unspecified atom stereocenters. The highest BCUT2D eigenvalue weighted by atomic mass is 16.5. The Morgan fingerprint density at radius 3 is 2.59 bits per heavy atom. The minimum Gasteiger partial charge on any atom is -0.378 e. The van der Waals surface area contributed by atoms with E-state index in [2.05, 4.69) is 43.4 Å². The number of aromatic nitrogens is 2. The summed E-state index contributed by atoms with van der Waals surface area (Å²) in [6, 6.07) is 15.2. The lowest BCUT2D eigenvalue weighted by Gasteiger charge is -2.30. The van der Waals surface area contributed by atoms with Gasteiger partial charge in [0.15, 0.2) is 0 Å². The molecule has 0 atom stereocenters. The molecule has 1 aromatic heterocycles. The molecule has 1 aliphatic rings. The van der Waals surface area contributed by atoms with Crippen LogP contribution in [0.5, 0.6) is 0 Å². The number of para-hydroxylation sites is 1. The maximum atomic E-state index is 12.5. The van der Waals surface area contributed by atoms with Gasteiger partial charge >= 0.3 is 6.03 Å². The molecule has 0 bridgehead atoms. The van der Waals surface area contributed by atoms with Crippen LogP contribution in [0.2, 0.25) is 0 Å². The maximum absolute atomic E-state index is 12.5. The number of nitrogens with zero attached hydrogens (tertiary/aromatic N) is 3. The van der Waals surface area contributed by atoms with Crippen molar-refractivity contribution in [2.24, 2.45) is 0 Å². The summed E-state index contributed by atoms with van der Waals surface area (Å²) in [5.74, 6) is 6.23. The average molecular weight is 428 g/mol. The Bertz CT molecular complexity index is 1130. The number of carbonyl (C=O) groups is 1. The molecule has 2 amide bonds. The van der Waals surface area contributed by atoms with E-state index in [1.54, 1.807) is 12.4 Å². The molecule has 2 aromatic carbocycles. The molecule has 4 rings (SSSR count). The molecule has 3 aromatic rings. The summed E-state index contributed by atoms with van der Waals surface area (Å²) in [5.41, 5.74) is 9.75. The summed E-state index contributed by atoms with van der Waals surface area (Å²) in [6.07, 6.45) is 3.14. The minimum absolute atomic E-state index is 0.209.